The molecule has 1 aromatic carbocycles. The van der Waals surface area contributed by atoms with E-state index in [2.05, 4.69) is 31.9 Å². The van der Waals surface area contributed by atoms with Gasteiger partial charge in [-0.2, -0.15) is 0 Å². The van der Waals surface area contributed by atoms with E-state index < -0.39 is 0 Å². The van der Waals surface area contributed by atoms with Crippen molar-refractivity contribution in [3.63, 3.8) is 0 Å². The zero-order valence-electron chi connectivity index (χ0n) is 17.5. The number of likely N-dealkylation sites (tertiary alicyclic amines) is 1. The van der Waals surface area contributed by atoms with Gasteiger partial charge < -0.3 is 9.64 Å². The molecule has 1 saturated heterocycles. The smallest absolute Gasteiger partial charge is 0.180 e. The molecule has 1 unspecified atom stereocenters. The molecule has 3 fully saturated rings. The van der Waals surface area contributed by atoms with Gasteiger partial charge in [-0.3, -0.25) is 4.79 Å². The fourth-order valence-electron chi connectivity index (χ4n) is 7.00. The molecule has 0 spiro atoms. The number of halogens is 1. The number of hydrogen-bond donors (Lipinski definition) is 0. The lowest BCUT2D eigenvalue weighted by molar-refractivity contribution is -0.111. The molecule has 4 aliphatic rings. The lowest BCUT2D eigenvalue weighted by Crippen LogP contribution is -2.55. The Kier molecular flexibility index (Phi) is 4.40. The summed E-state index contributed by atoms with van der Waals surface area (Å²) in [7, 11) is 2.16. The van der Waals surface area contributed by atoms with E-state index in [1.807, 2.05) is 30.3 Å². The molecular formula is C25H30ClNO2. The van der Waals surface area contributed by atoms with Crippen molar-refractivity contribution < 1.29 is 9.53 Å². The average Bonchev–Trinajstić information content (AvgIpc) is 3.01. The highest BCUT2D eigenvalue weighted by Gasteiger charge is 2.58. The van der Waals surface area contributed by atoms with Crippen LogP contribution in [0.2, 0.25) is 5.02 Å². The fourth-order valence-corrected chi connectivity index (χ4v) is 7.13. The third kappa shape index (κ3) is 3.04. The maximum Gasteiger partial charge on any atom is 0.180 e. The Morgan fingerprint density at radius 3 is 2.69 bits per heavy atom. The number of ether oxygens (including phenoxy) is 1. The highest BCUT2D eigenvalue weighted by atomic mass is 35.5. The highest BCUT2D eigenvalue weighted by Crippen LogP contribution is 2.63. The predicted octanol–water partition coefficient (Wildman–Crippen LogP) is 5.50. The van der Waals surface area contributed by atoms with Gasteiger partial charge in [-0.05, 0) is 79.2 Å². The van der Waals surface area contributed by atoms with Crippen LogP contribution in [0.4, 0.5) is 0 Å². The maximum atomic E-state index is 12.0. The molecule has 6 atom stereocenters. The van der Waals surface area contributed by atoms with Crippen LogP contribution in [0.3, 0.4) is 0 Å². The van der Waals surface area contributed by atoms with Crippen LogP contribution < -0.4 is 4.74 Å². The average molecular weight is 412 g/mol. The Balaban J connectivity index is 1.40. The Morgan fingerprint density at radius 2 is 1.93 bits per heavy atom. The molecule has 154 valence electrons. The van der Waals surface area contributed by atoms with Gasteiger partial charge >= 0.3 is 0 Å². The topological polar surface area (TPSA) is 29.5 Å². The van der Waals surface area contributed by atoms with Crippen molar-refractivity contribution in [2.75, 3.05) is 13.6 Å². The van der Waals surface area contributed by atoms with E-state index in [9.17, 15) is 4.79 Å². The molecule has 3 aliphatic carbocycles. The van der Waals surface area contributed by atoms with Gasteiger partial charge in [-0.15, -0.1) is 0 Å². The highest BCUT2D eigenvalue weighted by molar-refractivity contribution is 6.30. The number of hydrogen-bond acceptors (Lipinski definition) is 3. The number of carbonyl (C=O) groups excluding carboxylic acids is 1. The summed E-state index contributed by atoms with van der Waals surface area (Å²) in [4.78, 5) is 14.4. The van der Waals surface area contributed by atoms with Crippen molar-refractivity contribution in [1.82, 2.24) is 4.90 Å². The summed E-state index contributed by atoms with van der Waals surface area (Å²) in [5.41, 5.74) is 1.52. The van der Waals surface area contributed by atoms with Crippen LogP contribution in [0.15, 0.2) is 48.2 Å². The maximum absolute atomic E-state index is 12.0. The minimum atomic E-state index is -0.0258. The van der Waals surface area contributed by atoms with E-state index in [0.29, 0.717) is 23.2 Å². The van der Waals surface area contributed by atoms with Crippen molar-refractivity contribution in [1.29, 1.82) is 0 Å². The van der Waals surface area contributed by atoms with Crippen molar-refractivity contribution in [2.45, 2.75) is 45.6 Å². The second kappa shape index (κ2) is 6.63. The van der Waals surface area contributed by atoms with Crippen molar-refractivity contribution in [2.24, 2.45) is 28.6 Å². The molecule has 0 amide bonds. The number of ketones is 1. The second-order valence-electron chi connectivity index (χ2n) is 10.1. The van der Waals surface area contributed by atoms with Gasteiger partial charge in [0, 0.05) is 35.8 Å². The number of nitrogens with zero attached hydrogens (tertiary/aromatic N) is 1. The SMILES string of the molecule is CN1C[C@@H]2[C@@H](CC[C@]3(C)CC(Oc4ccc(Cl)cc4)C[C@@H]23)[C@@]2(C)C=CC(=O)C=C12. The lowest BCUT2D eigenvalue weighted by Gasteiger charge is -2.58. The summed E-state index contributed by atoms with van der Waals surface area (Å²) in [5, 5.41) is 0.744. The number of benzene rings is 1. The minimum Gasteiger partial charge on any atom is -0.490 e. The van der Waals surface area contributed by atoms with E-state index in [4.69, 9.17) is 16.3 Å². The van der Waals surface area contributed by atoms with Gasteiger partial charge in [0.25, 0.3) is 0 Å². The van der Waals surface area contributed by atoms with E-state index in [1.54, 1.807) is 6.08 Å². The van der Waals surface area contributed by atoms with Crippen LogP contribution in [0.25, 0.3) is 0 Å². The van der Waals surface area contributed by atoms with E-state index in [1.165, 1.54) is 18.5 Å². The van der Waals surface area contributed by atoms with Gasteiger partial charge in [0.2, 0.25) is 0 Å². The number of fused-ring (bicyclic) bond motifs is 5. The first-order valence-corrected chi connectivity index (χ1v) is 11.2. The van der Waals surface area contributed by atoms with Gasteiger partial charge in [0.15, 0.2) is 5.78 Å². The van der Waals surface area contributed by atoms with Gasteiger partial charge in [-0.25, -0.2) is 0 Å². The number of rotatable bonds is 2. The number of allylic oxidation sites excluding steroid dienone is 3. The fraction of sp³-hybridized carbons (Fsp3) is 0.560. The summed E-state index contributed by atoms with van der Waals surface area (Å²) in [5.74, 6) is 2.94. The van der Waals surface area contributed by atoms with Crippen LogP contribution in [-0.4, -0.2) is 30.4 Å². The Labute approximate surface area is 178 Å². The summed E-state index contributed by atoms with van der Waals surface area (Å²) >= 11 is 6.03. The quantitative estimate of drug-likeness (QED) is 0.643. The summed E-state index contributed by atoms with van der Waals surface area (Å²) in [6.07, 6.45) is 10.8. The number of piperidine rings is 1. The predicted molar refractivity (Wildman–Crippen MR) is 116 cm³/mol. The molecule has 1 heterocycles. The lowest BCUT2D eigenvalue weighted by atomic mass is 9.51. The third-order valence-electron chi connectivity index (χ3n) is 8.37. The van der Waals surface area contributed by atoms with Gasteiger partial charge in [0.05, 0.1) is 6.10 Å². The third-order valence-corrected chi connectivity index (χ3v) is 8.63. The normalized spacial score (nSPS) is 40.8. The van der Waals surface area contributed by atoms with Gasteiger partial charge in [0.1, 0.15) is 5.75 Å². The molecule has 1 aliphatic heterocycles. The zero-order valence-corrected chi connectivity index (χ0v) is 18.3. The van der Waals surface area contributed by atoms with E-state index in [-0.39, 0.29) is 17.3 Å². The van der Waals surface area contributed by atoms with Crippen molar-refractivity contribution in [3.05, 3.63) is 53.2 Å². The first-order chi connectivity index (χ1) is 13.8. The summed E-state index contributed by atoms with van der Waals surface area (Å²) < 4.78 is 6.40. The van der Waals surface area contributed by atoms with Crippen LogP contribution >= 0.6 is 11.6 Å². The van der Waals surface area contributed by atoms with E-state index in [0.717, 1.165) is 30.2 Å². The largest absolute Gasteiger partial charge is 0.490 e. The second-order valence-corrected chi connectivity index (χ2v) is 10.6. The molecule has 29 heavy (non-hydrogen) atoms. The van der Waals surface area contributed by atoms with Gasteiger partial charge in [-0.1, -0.05) is 31.5 Å². The Hall–Kier alpha value is -1.74. The Bertz CT molecular complexity index is 891. The van der Waals surface area contributed by atoms with Crippen molar-refractivity contribution >= 4 is 17.4 Å². The first-order valence-electron chi connectivity index (χ1n) is 10.9. The van der Waals surface area contributed by atoms with E-state index >= 15 is 0 Å². The molecule has 4 heteroatoms. The molecule has 1 aromatic rings. The molecule has 2 saturated carbocycles. The molecule has 0 radical (unpaired) electrons. The van der Waals surface area contributed by atoms with Crippen LogP contribution in [0.1, 0.15) is 39.5 Å². The minimum absolute atomic E-state index is 0.0258. The molecule has 0 bridgehead atoms. The summed E-state index contributed by atoms with van der Waals surface area (Å²) in [6, 6.07) is 7.76. The molecular weight excluding hydrogens is 382 g/mol. The molecule has 5 rings (SSSR count). The zero-order chi connectivity index (χ0) is 20.4. The molecule has 0 N–H and O–H groups in total. The number of carbonyl (C=O) groups is 1. The molecule has 3 nitrogen and oxygen atoms in total. The van der Waals surface area contributed by atoms with Crippen molar-refractivity contribution in [3.8, 4) is 5.75 Å². The summed E-state index contributed by atoms with van der Waals surface area (Å²) in [6.45, 7) is 5.86. The van der Waals surface area contributed by atoms with Crippen LogP contribution in [0, 0.1) is 28.6 Å². The van der Waals surface area contributed by atoms with Crippen LogP contribution in [-0.2, 0) is 4.79 Å². The standard InChI is InChI=1S/C25H30ClNO2/c1-24-10-9-21-20(15-27(3)23-12-17(28)8-11-25(21,23)2)22(24)13-19(14-24)29-18-6-4-16(26)5-7-18/h4-8,11-12,19-22H,9-10,13-15H2,1-3H3/t19?,20-,21-,22+,24-,25-/m1/s1. The molecule has 0 aromatic heterocycles. The van der Waals surface area contributed by atoms with Crippen LogP contribution in [0.5, 0.6) is 5.75 Å². The monoisotopic (exact) mass is 411 g/mol. The Morgan fingerprint density at radius 1 is 1.17 bits per heavy atom. The first kappa shape index (κ1) is 19.2.